The number of hydrogen-bond donors (Lipinski definition) is 0. The summed E-state index contributed by atoms with van der Waals surface area (Å²) in [6, 6.07) is 14.2. The Kier molecular flexibility index (Phi) is 4.12. The fourth-order valence-electron chi connectivity index (χ4n) is 2.50. The fraction of sp³-hybridized carbons (Fsp3) is 0.188. The average molecular weight is 442 g/mol. The fourth-order valence-corrected chi connectivity index (χ4v) is 3.41. The summed E-state index contributed by atoms with van der Waals surface area (Å²) in [5.74, 6) is 0.102. The van der Waals surface area contributed by atoms with Gasteiger partial charge in [0.05, 0.1) is 5.56 Å². The van der Waals surface area contributed by atoms with Crippen LogP contribution in [0, 0.1) is 3.57 Å². The van der Waals surface area contributed by atoms with Crippen molar-refractivity contribution < 1.29 is 4.79 Å². The van der Waals surface area contributed by atoms with E-state index in [1.54, 1.807) is 0 Å². The number of rotatable bonds is 1. The normalized spacial score (nSPS) is 14.0. The molecule has 1 aliphatic rings. The number of carbonyl (C=O) groups is 1. The molecule has 0 fully saturated rings. The van der Waals surface area contributed by atoms with Gasteiger partial charge < -0.3 is 4.90 Å². The third-order valence-corrected chi connectivity index (χ3v) is 4.94. The van der Waals surface area contributed by atoms with Crippen LogP contribution < -0.4 is 0 Å². The molecule has 0 atom stereocenters. The molecular weight excluding hydrogens is 429 g/mol. The van der Waals surface area contributed by atoms with Crippen LogP contribution in [-0.4, -0.2) is 17.4 Å². The molecule has 0 saturated heterocycles. The van der Waals surface area contributed by atoms with Gasteiger partial charge in [0.1, 0.15) is 0 Å². The molecule has 2 aromatic carbocycles. The quantitative estimate of drug-likeness (QED) is 0.605. The van der Waals surface area contributed by atoms with Crippen molar-refractivity contribution in [1.29, 1.82) is 0 Å². The Morgan fingerprint density at radius 2 is 1.90 bits per heavy atom. The van der Waals surface area contributed by atoms with Gasteiger partial charge in [-0.3, -0.25) is 4.79 Å². The van der Waals surface area contributed by atoms with Crippen molar-refractivity contribution in [3.05, 3.63) is 67.2 Å². The standard InChI is InChI=1S/C16H13BrINO/c17-15-6-5-13(18)9-14(15)16(20)19-8-7-11-3-1-2-4-12(11)10-19/h1-6,9H,7-8,10H2. The smallest absolute Gasteiger partial charge is 0.255 e. The monoisotopic (exact) mass is 441 g/mol. The van der Waals surface area contributed by atoms with E-state index in [4.69, 9.17) is 0 Å². The number of nitrogens with zero attached hydrogens (tertiary/aromatic N) is 1. The molecule has 102 valence electrons. The molecule has 0 spiro atoms. The van der Waals surface area contributed by atoms with Gasteiger partial charge in [0.2, 0.25) is 0 Å². The molecule has 0 aromatic heterocycles. The molecular formula is C16H13BrINO. The van der Waals surface area contributed by atoms with Gasteiger partial charge in [-0.25, -0.2) is 0 Å². The predicted octanol–water partition coefficient (Wildman–Crippen LogP) is 4.25. The van der Waals surface area contributed by atoms with Crippen molar-refractivity contribution in [2.24, 2.45) is 0 Å². The van der Waals surface area contributed by atoms with E-state index in [1.165, 1.54) is 11.1 Å². The number of fused-ring (bicyclic) bond motifs is 1. The number of halogens is 2. The third kappa shape index (κ3) is 2.76. The topological polar surface area (TPSA) is 20.3 Å². The second-order valence-corrected chi connectivity index (χ2v) is 6.97. The summed E-state index contributed by atoms with van der Waals surface area (Å²) in [6.45, 7) is 1.49. The number of hydrogen-bond acceptors (Lipinski definition) is 1. The van der Waals surface area contributed by atoms with Crippen LogP contribution in [0.15, 0.2) is 46.9 Å². The second-order valence-electron chi connectivity index (χ2n) is 4.87. The largest absolute Gasteiger partial charge is 0.334 e. The summed E-state index contributed by atoms with van der Waals surface area (Å²) >= 11 is 5.71. The van der Waals surface area contributed by atoms with Gasteiger partial charge in [-0.2, -0.15) is 0 Å². The molecule has 0 N–H and O–H groups in total. The molecule has 4 heteroatoms. The highest BCUT2D eigenvalue weighted by atomic mass is 127. The van der Waals surface area contributed by atoms with E-state index in [2.05, 4.69) is 56.7 Å². The summed E-state index contributed by atoms with van der Waals surface area (Å²) < 4.78 is 1.94. The summed E-state index contributed by atoms with van der Waals surface area (Å²) in [7, 11) is 0. The molecule has 0 bridgehead atoms. The van der Waals surface area contributed by atoms with Crippen LogP contribution in [0.3, 0.4) is 0 Å². The summed E-state index contributed by atoms with van der Waals surface area (Å²) in [5, 5.41) is 0. The zero-order valence-corrected chi connectivity index (χ0v) is 14.5. The van der Waals surface area contributed by atoms with Gasteiger partial charge >= 0.3 is 0 Å². The maximum absolute atomic E-state index is 12.7. The van der Waals surface area contributed by atoms with Gasteiger partial charge in [-0.1, -0.05) is 24.3 Å². The lowest BCUT2D eigenvalue weighted by Gasteiger charge is -2.29. The number of amides is 1. The molecule has 0 unspecified atom stereocenters. The van der Waals surface area contributed by atoms with E-state index in [-0.39, 0.29) is 5.91 Å². The van der Waals surface area contributed by atoms with E-state index in [9.17, 15) is 4.79 Å². The van der Waals surface area contributed by atoms with E-state index in [1.807, 2.05) is 29.2 Å². The lowest BCUT2D eigenvalue weighted by molar-refractivity contribution is 0.0733. The zero-order valence-electron chi connectivity index (χ0n) is 10.8. The minimum Gasteiger partial charge on any atom is -0.334 e. The third-order valence-electron chi connectivity index (χ3n) is 3.58. The first-order valence-corrected chi connectivity index (χ1v) is 8.33. The van der Waals surface area contributed by atoms with Crippen molar-refractivity contribution in [1.82, 2.24) is 4.90 Å². The lowest BCUT2D eigenvalue weighted by atomic mass is 9.99. The average Bonchev–Trinajstić information content (AvgIpc) is 2.48. The summed E-state index contributed by atoms with van der Waals surface area (Å²) in [5.41, 5.74) is 3.36. The SMILES string of the molecule is O=C(c1cc(I)ccc1Br)N1CCc2ccccc2C1. The van der Waals surface area contributed by atoms with Crippen LogP contribution in [0.4, 0.5) is 0 Å². The molecule has 0 aliphatic carbocycles. The van der Waals surface area contributed by atoms with E-state index >= 15 is 0 Å². The highest BCUT2D eigenvalue weighted by Gasteiger charge is 2.23. The Balaban J connectivity index is 1.88. The first kappa shape index (κ1) is 14.1. The highest BCUT2D eigenvalue weighted by molar-refractivity contribution is 14.1. The Morgan fingerprint density at radius 3 is 2.70 bits per heavy atom. The van der Waals surface area contributed by atoms with Crippen molar-refractivity contribution in [2.45, 2.75) is 13.0 Å². The molecule has 2 nitrogen and oxygen atoms in total. The Labute approximate surface area is 140 Å². The van der Waals surface area contributed by atoms with Crippen LogP contribution in [0.5, 0.6) is 0 Å². The molecule has 2 aromatic rings. The zero-order chi connectivity index (χ0) is 14.1. The Bertz CT molecular complexity index is 671. The lowest BCUT2D eigenvalue weighted by Crippen LogP contribution is -2.36. The Hall–Kier alpha value is -0.880. The molecule has 1 heterocycles. The second kappa shape index (κ2) is 5.85. The van der Waals surface area contributed by atoms with Gasteiger partial charge in [0.25, 0.3) is 5.91 Å². The minimum atomic E-state index is 0.102. The van der Waals surface area contributed by atoms with Gasteiger partial charge in [-0.15, -0.1) is 0 Å². The summed E-state index contributed by atoms with van der Waals surface area (Å²) in [6.07, 6.45) is 0.934. The maximum Gasteiger partial charge on any atom is 0.255 e. The Morgan fingerprint density at radius 1 is 1.15 bits per heavy atom. The highest BCUT2D eigenvalue weighted by Crippen LogP contribution is 2.24. The predicted molar refractivity (Wildman–Crippen MR) is 91.7 cm³/mol. The molecule has 1 aliphatic heterocycles. The maximum atomic E-state index is 12.7. The first-order chi connectivity index (χ1) is 9.65. The van der Waals surface area contributed by atoms with Crippen LogP contribution in [0.1, 0.15) is 21.5 Å². The van der Waals surface area contributed by atoms with E-state index < -0.39 is 0 Å². The van der Waals surface area contributed by atoms with Crippen molar-refractivity contribution >= 4 is 44.4 Å². The van der Waals surface area contributed by atoms with Crippen LogP contribution >= 0.6 is 38.5 Å². The van der Waals surface area contributed by atoms with Crippen molar-refractivity contribution in [2.75, 3.05) is 6.54 Å². The van der Waals surface area contributed by atoms with E-state index in [0.717, 1.165) is 26.6 Å². The molecule has 1 amide bonds. The molecule has 3 rings (SSSR count). The molecule has 0 saturated carbocycles. The minimum absolute atomic E-state index is 0.102. The van der Waals surface area contributed by atoms with Crippen molar-refractivity contribution in [3.63, 3.8) is 0 Å². The van der Waals surface area contributed by atoms with Crippen LogP contribution in [0.25, 0.3) is 0 Å². The first-order valence-electron chi connectivity index (χ1n) is 6.46. The van der Waals surface area contributed by atoms with Crippen molar-refractivity contribution in [3.8, 4) is 0 Å². The number of carbonyl (C=O) groups excluding carboxylic acids is 1. The van der Waals surface area contributed by atoms with Crippen LogP contribution in [-0.2, 0) is 13.0 Å². The molecule has 0 radical (unpaired) electrons. The summed E-state index contributed by atoms with van der Waals surface area (Å²) in [4.78, 5) is 14.6. The van der Waals surface area contributed by atoms with Crippen LogP contribution in [0.2, 0.25) is 0 Å². The number of benzene rings is 2. The van der Waals surface area contributed by atoms with Gasteiger partial charge in [0, 0.05) is 21.1 Å². The van der Waals surface area contributed by atoms with Gasteiger partial charge in [-0.05, 0) is 74.3 Å². The molecule has 20 heavy (non-hydrogen) atoms. The van der Waals surface area contributed by atoms with Gasteiger partial charge in [0.15, 0.2) is 0 Å². The van der Waals surface area contributed by atoms with E-state index in [0.29, 0.717) is 6.54 Å².